The second-order valence-corrected chi connectivity index (χ2v) is 5.10. The van der Waals surface area contributed by atoms with E-state index in [2.05, 4.69) is 15.1 Å². The van der Waals surface area contributed by atoms with E-state index in [1.54, 1.807) is 7.11 Å². The molecule has 0 bridgehead atoms. The van der Waals surface area contributed by atoms with Gasteiger partial charge in [-0.1, -0.05) is 23.4 Å². The fourth-order valence-electron chi connectivity index (χ4n) is 2.63. The van der Waals surface area contributed by atoms with Gasteiger partial charge in [-0.25, -0.2) is 4.98 Å². The molecular weight excluding hydrogens is 292 g/mol. The van der Waals surface area contributed by atoms with Gasteiger partial charge in [0.2, 0.25) is 5.82 Å². The molecule has 0 fully saturated rings. The highest BCUT2D eigenvalue weighted by atomic mass is 16.5. The van der Waals surface area contributed by atoms with Gasteiger partial charge in [0.25, 0.3) is 5.89 Å². The molecule has 0 saturated heterocycles. The van der Waals surface area contributed by atoms with Crippen LogP contribution in [0.15, 0.2) is 53.2 Å². The van der Waals surface area contributed by atoms with Gasteiger partial charge in [0.15, 0.2) is 0 Å². The van der Waals surface area contributed by atoms with Gasteiger partial charge in [0.05, 0.1) is 18.4 Å². The van der Waals surface area contributed by atoms with Gasteiger partial charge in [0, 0.05) is 6.20 Å². The third-order valence-corrected chi connectivity index (χ3v) is 3.68. The van der Waals surface area contributed by atoms with Crippen molar-refractivity contribution in [2.75, 3.05) is 7.11 Å². The van der Waals surface area contributed by atoms with E-state index >= 15 is 0 Å². The van der Waals surface area contributed by atoms with Crippen LogP contribution in [0.3, 0.4) is 0 Å². The van der Waals surface area contributed by atoms with Crippen LogP contribution < -0.4 is 4.74 Å². The Kier molecular flexibility index (Phi) is 3.08. The smallest absolute Gasteiger partial charge is 0.277 e. The zero-order valence-corrected chi connectivity index (χ0v) is 12.7. The number of fused-ring (bicyclic) bond motifs is 1. The van der Waals surface area contributed by atoms with Crippen LogP contribution in [0.1, 0.15) is 5.69 Å². The lowest BCUT2D eigenvalue weighted by molar-refractivity contribution is 0.413. The Hall–Kier alpha value is -3.15. The predicted molar refractivity (Wildman–Crippen MR) is 85.2 cm³/mol. The Balaban J connectivity index is 1.86. The van der Waals surface area contributed by atoms with E-state index in [-0.39, 0.29) is 0 Å². The minimum absolute atomic E-state index is 0.433. The predicted octanol–water partition coefficient (Wildman–Crippen LogP) is 3.37. The number of hydrogen-bond donors (Lipinski definition) is 0. The van der Waals surface area contributed by atoms with Crippen molar-refractivity contribution in [1.82, 2.24) is 19.5 Å². The fourth-order valence-corrected chi connectivity index (χ4v) is 2.63. The summed E-state index contributed by atoms with van der Waals surface area (Å²) in [7, 11) is 1.62. The zero-order chi connectivity index (χ0) is 15.8. The highest BCUT2D eigenvalue weighted by Crippen LogP contribution is 2.30. The van der Waals surface area contributed by atoms with Crippen molar-refractivity contribution >= 4 is 5.65 Å². The number of para-hydroxylation sites is 1. The Morgan fingerprint density at radius 3 is 2.74 bits per heavy atom. The lowest BCUT2D eigenvalue weighted by Crippen LogP contribution is -1.90. The van der Waals surface area contributed by atoms with Crippen LogP contribution in [0.4, 0.5) is 0 Å². The van der Waals surface area contributed by atoms with Crippen LogP contribution in [-0.4, -0.2) is 26.6 Å². The zero-order valence-electron chi connectivity index (χ0n) is 12.7. The van der Waals surface area contributed by atoms with Crippen molar-refractivity contribution < 1.29 is 9.26 Å². The maximum absolute atomic E-state index is 5.47. The maximum Gasteiger partial charge on any atom is 0.277 e. The van der Waals surface area contributed by atoms with Crippen molar-refractivity contribution in [3.8, 4) is 28.7 Å². The van der Waals surface area contributed by atoms with E-state index in [0.29, 0.717) is 17.5 Å². The molecule has 6 heteroatoms. The summed E-state index contributed by atoms with van der Waals surface area (Å²) < 4.78 is 12.8. The molecule has 3 aromatic heterocycles. The molecule has 1 aromatic carbocycles. The first-order valence-corrected chi connectivity index (χ1v) is 7.19. The van der Waals surface area contributed by atoms with E-state index in [9.17, 15) is 0 Å². The number of nitrogens with zero attached hydrogens (tertiary/aromatic N) is 4. The average molecular weight is 306 g/mol. The standard InChI is InChI=1S/C17H14N4O2/c1-11-15(21-10-6-5-9-14(21)18-11)17-19-16(20-23-17)12-7-3-4-8-13(12)22-2/h3-10H,1-2H3. The third-order valence-electron chi connectivity index (χ3n) is 3.68. The number of methoxy groups -OCH3 is 1. The van der Waals surface area contributed by atoms with Crippen LogP contribution in [-0.2, 0) is 0 Å². The molecule has 6 nitrogen and oxygen atoms in total. The number of hydrogen-bond acceptors (Lipinski definition) is 5. The topological polar surface area (TPSA) is 65.5 Å². The Labute approximate surface area is 132 Å². The molecule has 0 spiro atoms. The number of benzene rings is 1. The number of rotatable bonds is 3. The molecular formula is C17H14N4O2. The summed E-state index contributed by atoms with van der Waals surface area (Å²) in [6, 6.07) is 13.4. The number of aryl methyl sites for hydroxylation is 1. The van der Waals surface area contributed by atoms with Crippen molar-refractivity contribution in [3.63, 3.8) is 0 Å². The first-order chi connectivity index (χ1) is 11.3. The van der Waals surface area contributed by atoms with Crippen LogP contribution in [0.5, 0.6) is 5.75 Å². The average Bonchev–Trinajstić information content (AvgIpc) is 3.18. The van der Waals surface area contributed by atoms with Gasteiger partial charge < -0.3 is 9.26 Å². The van der Waals surface area contributed by atoms with Gasteiger partial charge >= 0.3 is 0 Å². The van der Waals surface area contributed by atoms with E-state index in [1.165, 1.54) is 0 Å². The summed E-state index contributed by atoms with van der Waals surface area (Å²) in [5, 5.41) is 4.09. The second kappa shape index (κ2) is 5.24. The molecule has 0 atom stereocenters. The number of aromatic nitrogens is 4. The molecule has 23 heavy (non-hydrogen) atoms. The molecule has 0 aliphatic rings. The summed E-state index contributed by atoms with van der Waals surface area (Å²) in [6.07, 6.45) is 1.93. The van der Waals surface area contributed by atoms with Gasteiger partial charge in [-0.3, -0.25) is 4.40 Å². The second-order valence-electron chi connectivity index (χ2n) is 5.10. The Bertz CT molecular complexity index is 987. The van der Waals surface area contributed by atoms with Crippen molar-refractivity contribution in [2.45, 2.75) is 6.92 Å². The van der Waals surface area contributed by atoms with Crippen molar-refractivity contribution in [3.05, 3.63) is 54.4 Å². The van der Waals surface area contributed by atoms with E-state index < -0.39 is 0 Å². The fraction of sp³-hybridized carbons (Fsp3) is 0.118. The van der Waals surface area contributed by atoms with Crippen LogP contribution in [0.2, 0.25) is 0 Å². The molecule has 0 N–H and O–H groups in total. The first kappa shape index (κ1) is 13.5. The summed E-state index contributed by atoms with van der Waals surface area (Å²) in [4.78, 5) is 9.04. The SMILES string of the molecule is COc1ccccc1-c1noc(-c2c(C)nc3ccccn23)n1. The highest BCUT2D eigenvalue weighted by Gasteiger charge is 2.19. The number of imidazole rings is 1. The Morgan fingerprint density at radius 1 is 1.04 bits per heavy atom. The van der Waals surface area contributed by atoms with Crippen molar-refractivity contribution in [1.29, 1.82) is 0 Å². The molecule has 3 heterocycles. The quantitative estimate of drug-likeness (QED) is 0.580. The third kappa shape index (κ3) is 2.15. The molecule has 4 rings (SSSR count). The first-order valence-electron chi connectivity index (χ1n) is 7.19. The molecule has 0 amide bonds. The van der Waals surface area contributed by atoms with Gasteiger partial charge in [-0.2, -0.15) is 4.98 Å². The van der Waals surface area contributed by atoms with Crippen LogP contribution >= 0.6 is 0 Å². The summed E-state index contributed by atoms with van der Waals surface area (Å²) in [5.41, 5.74) is 3.27. The molecule has 0 saturated carbocycles. The Morgan fingerprint density at radius 2 is 1.87 bits per heavy atom. The lowest BCUT2D eigenvalue weighted by Gasteiger charge is -2.03. The molecule has 114 valence electrons. The van der Waals surface area contributed by atoms with E-state index in [4.69, 9.17) is 9.26 Å². The van der Waals surface area contributed by atoms with Gasteiger partial charge in [0.1, 0.15) is 17.1 Å². The lowest BCUT2D eigenvalue weighted by atomic mass is 10.2. The maximum atomic E-state index is 5.47. The number of pyridine rings is 1. The van der Waals surface area contributed by atoms with E-state index in [1.807, 2.05) is 60.0 Å². The van der Waals surface area contributed by atoms with E-state index in [0.717, 1.165) is 22.6 Å². The van der Waals surface area contributed by atoms with Crippen LogP contribution in [0, 0.1) is 6.92 Å². The molecule has 0 aliphatic carbocycles. The van der Waals surface area contributed by atoms with Gasteiger partial charge in [-0.15, -0.1) is 0 Å². The highest BCUT2D eigenvalue weighted by molar-refractivity contribution is 5.66. The van der Waals surface area contributed by atoms with Crippen LogP contribution in [0.25, 0.3) is 28.6 Å². The summed E-state index contributed by atoms with van der Waals surface area (Å²) in [5.74, 6) is 1.62. The normalized spacial score (nSPS) is 11.0. The monoisotopic (exact) mass is 306 g/mol. The molecule has 0 unspecified atom stereocenters. The number of ether oxygens (including phenoxy) is 1. The molecule has 0 radical (unpaired) electrons. The minimum atomic E-state index is 0.433. The summed E-state index contributed by atoms with van der Waals surface area (Å²) in [6.45, 7) is 1.93. The molecule has 4 aromatic rings. The largest absolute Gasteiger partial charge is 0.496 e. The minimum Gasteiger partial charge on any atom is -0.496 e. The molecule has 0 aliphatic heterocycles. The van der Waals surface area contributed by atoms with Crippen molar-refractivity contribution in [2.24, 2.45) is 0 Å². The van der Waals surface area contributed by atoms with Gasteiger partial charge in [-0.05, 0) is 31.2 Å². The summed E-state index contributed by atoms with van der Waals surface area (Å²) >= 11 is 0.